The fourth-order valence-corrected chi connectivity index (χ4v) is 10.3. The first kappa shape index (κ1) is 60.6. The fourth-order valence-electron chi connectivity index (χ4n) is 8.41. The second-order valence-corrected chi connectivity index (χ2v) is 19.9. The molecule has 28 heteroatoms. The summed E-state index contributed by atoms with van der Waals surface area (Å²) in [6.07, 6.45) is -54.8. The highest BCUT2D eigenvalue weighted by Gasteiger charge is 2.47. The molecule has 8 aromatic rings. The van der Waals surface area contributed by atoms with Crippen LogP contribution in [-0.2, 0) is 49.4 Å². The number of hydrogen-bond donors (Lipinski definition) is 0. The summed E-state index contributed by atoms with van der Waals surface area (Å²) >= 11 is -0.447. The first-order valence-corrected chi connectivity index (χ1v) is 24.1. The number of alkyl halides is 24. The molecule has 0 radical (unpaired) electrons. The molecule has 0 fully saturated rings. The third kappa shape index (κ3) is 13.8. The standard InChI is InChI=1S/C32H12BF24.C20H14IO2/c34-25(35,36)13-1-14(26(37,38)39)6-21(5-13)33(22-7-15(27(40,41)42)2-16(8-22)28(43,44)45,23-9-17(29(46,47)48)3-18(10-23)30(49,50)51)24-11-19(31(52,53)54)4-20(12-24)32(55,56)57;1-3-7-15(8-4-1)17-11-13-19(22-17)21-20-14-12-18(23-20)16-9-5-2-6-10-16/h1-12H;1-14H/q-1;+1. The van der Waals surface area contributed by atoms with Crippen molar-refractivity contribution in [3.63, 3.8) is 0 Å². The Labute approximate surface area is 443 Å². The summed E-state index contributed by atoms with van der Waals surface area (Å²) in [4.78, 5) is 0. The molecular weight excluding hydrogens is 1250 g/mol. The van der Waals surface area contributed by atoms with Gasteiger partial charge >= 0.3 is 78.1 Å². The highest BCUT2D eigenvalue weighted by Crippen LogP contribution is 2.41. The third-order valence-electron chi connectivity index (χ3n) is 11.9. The van der Waals surface area contributed by atoms with Gasteiger partial charge in [-0.15, -0.1) is 0 Å². The Bertz CT molecular complexity index is 2950. The number of benzene rings is 6. The minimum Gasteiger partial charge on any atom is -0.418 e. The van der Waals surface area contributed by atoms with Crippen molar-refractivity contribution < 1.29 is 135 Å². The van der Waals surface area contributed by atoms with Crippen molar-refractivity contribution in [2.24, 2.45) is 0 Å². The molecule has 0 saturated carbocycles. The predicted octanol–water partition coefficient (Wildman–Crippen LogP) is 13.5. The number of rotatable bonds is 8. The molecule has 0 unspecified atom stereocenters. The van der Waals surface area contributed by atoms with Crippen molar-refractivity contribution in [2.45, 2.75) is 49.4 Å². The van der Waals surface area contributed by atoms with Crippen LogP contribution in [0.3, 0.4) is 0 Å². The van der Waals surface area contributed by atoms with Crippen LogP contribution >= 0.6 is 0 Å². The number of halogens is 25. The summed E-state index contributed by atoms with van der Waals surface area (Å²) in [5.74, 6) is 1.82. The monoisotopic (exact) mass is 1280 g/mol. The van der Waals surface area contributed by atoms with Crippen molar-refractivity contribution in [3.05, 3.63) is 210 Å². The first-order valence-electron chi connectivity index (χ1n) is 22.0. The van der Waals surface area contributed by atoms with Gasteiger partial charge in [-0.1, -0.05) is 109 Å². The van der Waals surface area contributed by atoms with E-state index < -0.39 is 216 Å². The highest BCUT2D eigenvalue weighted by molar-refractivity contribution is 7.20. The van der Waals surface area contributed by atoms with E-state index in [0.717, 1.165) is 30.2 Å². The SMILES string of the molecule is FC(F)(F)c1cc([B-](c2cc(C(F)(F)F)cc(C(F)(F)F)c2)(c2cc(C(F)(F)F)cc(C(F)(F)F)c2)c2cc(C(F)(F)F)cc(C(F)(F)F)c2)cc(C(F)(F)F)c1.c1ccc(-c2ccc([I+]c3ccc(-c4ccccc4)o3)o2)cc1. The Hall–Kier alpha value is -7.01. The Kier molecular flexibility index (Phi) is 16.3. The van der Waals surface area contributed by atoms with Crippen molar-refractivity contribution in [3.8, 4) is 22.6 Å². The third-order valence-corrected chi connectivity index (χ3v) is 14.1. The van der Waals surface area contributed by atoms with Crippen molar-refractivity contribution in [1.82, 2.24) is 0 Å². The maximum absolute atomic E-state index is 14.2. The molecule has 6 aromatic carbocycles. The molecule has 0 aliphatic rings. The molecule has 2 aromatic heterocycles. The highest BCUT2D eigenvalue weighted by atomic mass is 127. The van der Waals surface area contributed by atoms with Crippen LogP contribution in [-0.4, -0.2) is 6.15 Å². The van der Waals surface area contributed by atoms with Crippen molar-refractivity contribution in [1.29, 1.82) is 0 Å². The number of hydrogen-bond acceptors (Lipinski definition) is 2. The van der Waals surface area contributed by atoms with Crippen LogP contribution in [0.5, 0.6) is 0 Å². The average Bonchev–Trinajstić information content (AvgIpc) is 4.12. The van der Waals surface area contributed by atoms with Gasteiger partial charge < -0.3 is 8.83 Å². The lowest BCUT2D eigenvalue weighted by atomic mass is 9.12. The smallest absolute Gasteiger partial charge is 0.418 e. The van der Waals surface area contributed by atoms with Crippen LogP contribution in [0.1, 0.15) is 44.5 Å². The molecule has 0 aliphatic carbocycles. The molecule has 8 rings (SSSR count). The Morgan fingerprint density at radius 1 is 0.250 bits per heavy atom. The normalized spacial score (nSPS) is 13.3. The van der Waals surface area contributed by atoms with Crippen molar-refractivity contribution in [2.75, 3.05) is 0 Å². The molecule has 0 spiro atoms. The zero-order valence-electron chi connectivity index (χ0n) is 38.9. The molecule has 0 atom stereocenters. The lowest BCUT2D eigenvalue weighted by molar-refractivity contribution is -0.635. The summed E-state index contributed by atoms with van der Waals surface area (Å²) in [6, 6.07) is 19.7. The van der Waals surface area contributed by atoms with E-state index in [1.54, 1.807) is 0 Å². The van der Waals surface area contributed by atoms with Gasteiger partial charge in [0, 0.05) is 23.3 Å². The molecule has 0 bridgehead atoms. The second-order valence-electron chi connectivity index (χ2n) is 17.3. The molecule has 0 N–H and O–H groups in total. The van der Waals surface area contributed by atoms with Gasteiger partial charge in [0.2, 0.25) is 0 Å². The Morgan fingerprint density at radius 2 is 0.450 bits per heavy atom. The molecule has 0 amide bonds. The van der Waals surface area contributed by atoms with Crippen LogP contribution in [0.25, 0.3) is 22.6 Å². The van der Waals surface area contributed by atoms with Gasteiger partial charge in [0.15, 0.2) is 0 Å². The molecule has 424 valence electrons. The first-order chi connectivity index (χ1) is 36.6. The lowest BCUT2D eigenvalue weighted by Gasteiger charge is -2.46. The molecule has 2 heterocycles. The van der Waals surface area contributed by atoms with Gasteiger partial charge in [-0.3, -0.25) is 0 Å². The molecule has 2 nitrogen and oxygen atoms in total. The summed E-state index contributed by atoms with van der Waals surface area (Å²) in [7, 11) is 0. The second kappa shape index (κ2) is 21.5. The molecule has 0 aliphatic heterocycles. The van der Waals surface area contributed by atoms with Gasteiger partial charge in [0.25, 0.3) is 0 Å². The zero-order chi connectivity index (χ0) is 59.4. The minimum atomic E-state index is -6.13. The number of furan rings is 2. The van der Waals surface area contributed by atoms with Crippen molar-refractivity contribution >= 4 is 28.0 Å². The molecular formula is C52H26BF24IO2. The van der Waals surface area contributed by atoms with Crippen LogP contribution in [0.4, 0.5) is 105 Å². The topological polar surface area (TPSA) is 26.3 Å². The lowest BCUT2D eigenvalue weighted by Crippen LogP contribution is -3.61. The van der Waals surface area contributed by atoms with E-state index in [1.165, 1.54) is 0 Å². The van der Waals surface area contributed by atoms with E-state index in [2.05, 4.69) is 36.4 Å². The van der Waals surface area contributed by atoms with Crippen LogP contribution < -0.4 is 43.1 Å². The maximum atomic E-state index is 14.2. The van der Waals surface area contributed by atoms with Crippen LogP contribution in [0.2, 0.25) is 0 Å². The minimum absolute atomic E-state index is 0.447. The quantitative estimate of drug-likeness (QED) is 0.0861. The summed E-state index contributed by atoms with van der Waals surface area (Å²) < 4.78 is 355. The van der Waals surface area contributed by atoms with E-state index >= 15 is 0 Å². The van der Waals surface area contributed by atoms with E-state index in [1.807, 2.05) is 48.5 Å². The summed E-state index contributed by atoms with van der Waals surface area (Å²) in [5, 5.41) is 0. The molecule has 0 saturated heterocycles. The Balaban J connectivity index is 0.000000329. The van der Waals surface area contributed by atoms with E-state index in [9.17, 15) is 105 Å². The van der Waals surface area contributed by atoms with Crippen LogP contribution in [0.15, 0.2) is 167 Å². The van der Waals surface area contributed by atoms with Gasteiger partial charge in [-0.2, -0.15) is 127 Å². The van der Waals surface area contributed by atoms with E-state index in [-0.39, 0.29) is 0 Å². The predicted molar refractivity (Wildman–Crippen MR) is 236 cm³/mol. The van der Waals surface area contributed by atoms with Gasteiger partial charge in [-0.25, -0.2) is 0 Å². The molecule has 80 heavy (non-hydrogen) atoms. The largest absolute Gasteiger partial charge is 0.443 e. The zero-order valence-corrected chi connectivity index (χ0v) is 41.0. The van der Waals surface area contributed by atoms with Gasteiger partial charge in [-0.05, 0) is 36.4 Å². The van der Waals surface area contributed by atoms with Gasteiger partial charge in [0.1, 0.15) is 17.7 Å². The van der Waals surface area contributed by atoms with E-state index in [0.29, 0.717) is 0 Å². The summed E-state index contributed by atoms with van der Waals surface area (Å²) in [6.45, 7) is 0. The average molecular weight is 1280 g/mol. The summed E-state index contributed by atoms with van der Waals surface area (Å²) in [5.41, 5.74) is -28.0. The van der Waals surface area contributed by atoms with E-state index in [4.69, 9.17) is 8.83 Å². The maximum Gasteiger partial charge on any atom is 0.443 e. The Morgan fingerprint density at radius 3 is 0.637 bits per heavy atom. The van der Waals surface area contributed by atoms with Crippen LogP contribution in [0, 0.1) is 7.53 Å². The fraction of sp³-hybridized carbons (Fsp3) is 0.154. The van der Waals surface area contributed by atoms with Gasteiger partial charge in [0.05, 0.1) is 44.5 Å².